The van der Waals surface area contributed by atoms with E-state index in [-0.39, 0.29) is 0 Å². The fraction of sp³-hybridized carbons (Fsp3) is 0.571. The first-order valence-electron chi connectivity index (χ1n) is 6.32. The van der Waals surface area contributed by atoms with Gasteiger partial charge in [0.1, 0.15) is 0 Å². The summed E-state index contributed by atoms with van der Waals surface area (Å²) in [6.07, 6.45) is 3.85. The Hall–Kier alpha value is -0.860. The molecule has 86 valence electrons. The van der Waals surface area contributed by atoms with E-state index in [0.29, 0.717) is 12.1 Å². The lowest BCUT2D eigenvalue weighted by Crippen LogP contribution is -2.30. The molecule has 0 spiro atoms. The van der Waals surface area contributed by atoms with Crippen molar-refractivity contribution in [1.82, 2.24) is 4.90 Å². The van der Waals surface area contributed by atoms with Gasteiger partial charge >= 0.3 is 0 Å². The third-order valence-corrected chi connectivity index (χ3v) is 4.03. The Bertz CT molecular complexity index is 374. The molecule has 1 heterocycles. The highest BCUT2D eigenvalue weighted by Crippen LogP contribution is 2.44. The highest BCUT2D eigenvalue weighted by molar-refractivity contribution is 5.37. The second-order valence-corrected chi connectivity index (χ2v) is 5.28. The second-order valence-electron chi connectivity index (χ2n) is 5.28. The highest BCUT2D eigenvalue weighted by atomic mass is 15.2. The Morgan fingerprint density at radius 2 is 1.81 bits per heavy atom. The van der Waals surface area contributed by atoms with Crippen LogP contribution in [-0.4, -0.2) is 24.5 Å². The predicted octanol–water partition coefficient (Wildman–Crippen LogP) is 2.27. The maximum absolute atomic E-state index is 6.25. The largest absolute Gasteiger partial charge is 0.326 e. The van der Waals surface area contributed by atoms with Gasteiger partial charge in [-0.3, -0.25) is 4.90 Å². The topological polar surface area (TPSA) is 29.3 Å². The van der Waals surface area contributed by atoms with Crippen LogP contribution in [0.4, 0.5) is 0 Å². The van der Waals surface area contributed by atoms with Gasteiger partial charge in [0.2, 0.25) is 0 Å². The maximum atomic E-state index is 6.25. The van der Waals surface area contributed by atoms with E-state index in [2.05, 4.69) is 36.2 Å². The SMILES string of the molecule is CN1CCC(N)C1c1ccccc1C1CC1. The summed E-state index contributed by atoms with van der Waals surface area (Å²) in [5, 5.41) is 0. The number of nitrogens with zero attached hydrogens (tertiary/aromatic N) is 1. The number of likely N-dealkylation sites (tertiary alicyclic amines) is 1. The van der Waals surface area contributed by atoms with Crippen molar-refractivity contribution < 1.29 is 0 Å². The molecule has 2 atom stereocenters. The molecule has 2 fully saturated rings. The Morgan fingerprint density at radius 3 is 2.38 bits per heavy atom. The molecule has 3 rings (SSSR count). The van der Waals surface area contributed by atoms with Crippen molar-refractivity contribution in [2.75, 3.05) is 13.6 Å². The number of likely N-dealkylation sites (N-methyl/N-ethyl adjacent to an activating group) is 1. The van der Waals surface area contributed by atoms with E-state index in [9.17, 15) is 0 Å². The summed E-state index contributed by atoms with van der Waals surface area (Å²) in [5.74, 6) is 0.817. The van der Waals surface area contributed by atoms with Crippen molar-refractivity contribution in [3.8, 4) is 0 Å². The van der Waals surface area contributed by atoms with E-state index in [1.807, 2.05) is 0 Å². The van der Waals surface area contributed by atoms with Crippen molar-refractivity contribution in [2.24, 2.45) is 5.73 Å². The second kappa shape index (κ2) is 3.86. The summed E-state index contributed by atoms with van der Waals surface area (Å²) in [6, 6.07) is 9.64. The summed E-state index contributed by atoms with van der Waals surface area (Å²) < 4.78 is 0. The molecular formula is C14H20N2. The molecule has 0 amide bonds. The highest BCUT2D eigenvalue weighted by Gasteiger charge is 2.34. The monoisotopic (exact) mass is 216 g/mol. The van der Waals surface area contributed by atoms with Gasteiger partial charge in [0.25, 0.3) is 0 Å². The quantitative estimate of drug-likeness (QED) is 0.821. The molecule has 1 aliphatic carbocycles. The van der Waals surface area contributed by atoms with Gasteiger partial charge in [0.15, 0.2) is 0 Å². The van der Waals surface area contributed by atoms with Crippen molar-refractivity contribution in [1.29, 1.82) is 0 Å². The third kappa shape index (κ3) is 1.66. The lowest BCUT2D eigenvalue weighted by molar-refractivity contribution is 0.302. The summed E-state index contributed by atoms with van der Waals surface area (Å²) >= 11 is 0. The van der Waals surface area contributed by atoms with Crippen LogP contribution in [0, 0.1) is 0 Å². The van der Waals surface area contributed by atoms with Crippen LogP contribution in [0.2, 0.25) is 0 Å². The standard InChI is InChI=1S/C14H20N2/c1-16-9-8-13(15)14(16)12-5-3-2-4-11(12)10-6-7-10/h2-5,10,13-14H,6-9,15H2,1H3. The third-order valence-electron chi connectivity index (χ3n) is 4.03. The first-order valence-corrected chi connectivity index (χ1v) is 6.32. The molecule has 0 radical (unpaired) electrons. The zero-order chi connectivity index (χ0) is 11.1. The van der Waals surface area contributed by atoms with Crippen LogP contribution in [-0.2, 0) is 0 Å². The first kappa shape index (κ1) is 10.3. The molecule has 1 aromatic rings. The van der Waals surface area contributed by atoms with Gasteiger partial charge in [-0.1, -0.05) is 24.3 Å². The smallest absolute Gasteiger partial charge is 0.0499 e. The zero-order valence-electron chi connectivity index (χ0n) is 9.89. The van der Waals surface area contributed by atoms with Crippen molar-refractivity contribution in [3.63, 3.8) is 0 Å². The minimum absolute atomic E-state index is 0.310. The average Bonchev–Trinajstić information content (AvgIpc) is 3.07. The summed E-state index contributed by atoms with van der Waals surface area (Å²) in [7, 11) is 2.20. The summed E-state index contributed by atoms with van der Waals surface area (Å²) in [5.41, 5.74) is 9.29. The molecule has 0 aromatic heterocycles. The van der Waals surface area contributed by atoms with Crippen LogP contribution in [0.25, 0.3) is 0 Å². The normalized spacial score (nSPS) is 30.9. The number of hydrogen-bond acceptors (Lipinski definition) is 2. The number of rotatable bonds is 2. The molecule has 1 aromatic carbocycles. The summed E-state index contributed by atoms with van der Waals surface area (Å²) in [6.45, 7) is 1.13. The molecule has 2 unspecified atom stereocenters. The van der Waals surface area contributed by atoms with Gasteiger partial charge < -0.3 is 5.73 Å². The Morgan fingerprint density at radius 1 is 1.12 bits per heavy atom. The minimum Gasteiger partial charge on any atom is -0.326 e. The first-order chi connectivity index (χ1) is 7.77. The van der Waals surface area contributed by atoms with Gasteiger partial charge in [-0.25, -0.2) is 0 Å². The fourth-order valence-electron chi connectivity index (χ4n) is 2.99. The van der Waals surface area contributed by atoms with Crippen LogP contribution < -0.4 is 5.73 Å². The lowest BCUT2D eigenvalue weighted by atomic mass is 9.93. The molecule has 2 aliphatic rings. The van der Waals surface area contributed by atoms with E-state index in [1.165, 1.54) is 18.4 Å². The number of hydrogen-bond donors (Lipinski definition) is 1. The molecule has 2 heteroatoms. The minimum atomic E-state index is 0.310. The average molecular weight is 216 g/mol. The molecule has 1 saturated heterocycles. The van der Waals surface area contributed by atoms with Crippen LogP contribution in [0.3, 0.4) is 0 Å². The molecule has 1 aliphatic heterocycles. The zero-order valence-corrected chi connectivity index (χ0v) is 9.89. The molecule has 2 N–H and O–H groups in total. The van der Waals surface area contributed by atoms with E-state index in [1.54, 1.807) is 5.56 Å². The maximum Gasteiger partial charge on any atom is 0.0499 e. The Balaban J connectivity index is 1.98. The van der Waals surface area contributed by atoms with Crippen LogP contribution >= 0.6 is 0 Å². The fourth-order valence-corrected chi connectivity index (χ4v) is 2.99. The van der Waals surface area contributed by atoms with Crippen molar-refractivity contribution in [3.05, 3.63) is 35.4 Å². The van der Waals surface area contributed by atoms with Crippen LogP contribution in [0.1, 0.15) is 42.3 Å². The molecule has 16 heavy (non-hydrogen) atoms. The van der Waals surface area contributed by atoms with E-state index in [0.717, 1.165) is 18.9 Å². The van der Waals surface area contributed by atoms with Gasteiger partial charge in [0, 0.05) is 18.6 Å². The van der Waals surface area contributed by atoms with Gasteiger partial charge in [0.05, 0.1) is 0 Å². The molecular weight excluding hydrogens is 196 g/mol. The van der Waals surface area contributed by atoms with Crippen molar-refractivity contribution in [2.45, 2.75) is 37.3 Å². The van der Waals surface area contributed by atoms with Gasteiger partial charge in [-0.15, -0.1) is 0 Å². The van der Waals surface area contributed by atoms with Crippen LogP contribution in [0.15, 0.2) is 24.3 Å². The summed E-state index contributed by atoms with van der Waals surface area (Å²) in [4.78, 5) is 2.41. The van der Waals surface area contributed by atoms with Gasteiger partial charge in [-0.2, -0.15) is 0 Å². The molecule has 0 bridgehead atoms. The Kier molecular flexibility index (Phi) is 2.49. The van der Waals surface area contributed by atoms with Crippen molar-refractivity contribution >= 4 is 0 Å². The van der Waals surface area contributed by atoms with E-state index >= 15 is 0 Å². The predicted molar refractivity (Wildman–Crippen MR) is 66.4 cm³/mol. The number of benzene rings is 1. The number of nitrogens with two attached hydrogens (primary N) is 1. The van der Waals surface area contributed by atoms with Gasteiger partial charge in [-0.05, 0) is 43.4 Å². The molecule has 1 saturated carbocycles. The van der Waals surface area contributed by atoms with Crippen LogP contribution in [0.5, 0.6) is 0 Å². The molecule has 2 nitrogen and oxygen atoms in total. The Labute approximate surface area is 97.4 Å². The van der Waals surface area contributed by atoms with E-state index in [4.69, 9.17) is 5.73 Å². The lowest BCUT2D eigenvalue weighted by Gasteiger charge is -2.25. The van der Waals surface area contributed by atoms with E-state index < -0.39 is 0 Å².